The van der Waals surface area contributed by atoms with Gasteiger partial charge in [-0.1, -0.05) is 84.9 Å². The molecule has 0 fully saturated rings. The summed E-state index contributed by atoms with van der Waals surface area (Å²) in [5.41, 5.74) is 5.55. The average molecular weight is 974 g/mol. The molecule has 0 saturated heterocycles. The highest BCUT2D eigenvalue weighted by atomic mass is 19.4. The van der Waals surface area contributed by atoms with Crippen LogP contribution in [0.2, 0.25) is 0 Å². The molecule has 0 aliphatic carbocycles. The standard InChI is InChI=1S/C61H29F6N7/c1-70-43-17-20-45(53(32-43)72-3)39-15-22-57-50(30-39)46-8-4-6-10-54(46)73(57)56-21-14-37(40-26-41(60(62,63)64)31-42(27-40)61(65,66)67)28-49(56)48-19-13-36(34-69)25-59(48)74-55-11-7-5-9-47(55)51-29-38(16-23-58(51)74)44-18-12-35(33-68)24-52(44)71-2/h4-32H. The minimum absolute atomic E-state index is 0.0538. The van der Waals surface area contributed by atoms with Crippen molar-refractivity contribution in [3.8, 4) is 68.0 Å². The molecule has 2 heterocycles. The summed E-state index contributed by atoms with van der Waals surface area (Å²) in [4.78, 5) is 10.9. The van der Waals surface area contributed by atoms with Crippen LogP contribution in [0, 0.1) is 42.4 Å². The van der Waals surface area contributed by atoms with Gasteiger partial charge in [0.05, 0.1) is 82.0 Å². The molecular weight excluding hydrogens is 945 g/mol. The fraction of sp³-hybridized carbons (Fsp3) is 0.0328. The number of halogens is 6. The topological polar surface area (TPSA) is 70.5 Å². The van der Waals surface area contributed by atoms with E-state index in [-0.39, 0.29) is 28.4 Å². The zero-order chi connectivity index (χ0) is 51.6. The maximum atomic E-state index is 14.4. The average Bonchev–Trinajstić information content (AvgIpc) is 3.94. The van der Waals surface area contributed by atoms with Crippen molar-refractivity contribution in [2.24, 2.45) is 0 Å². The Morgan fingerprint density at radius 3 is 1.41 bits per heavy atom. The van der Waals surface area contributed by atoms with E-state index in [9.17, 15) is 36.9 Å². The monoisotopic (exact) mass is 973 g/mol. The summed E-state index contributed by atoms with van der Waals surface area (Å²) in [6.45, 7) is 23.3. The minimum atomic E-state index is -5.11. The van der Waals surface area contributed by atoms with Crippen LogP contribution in [0.3, 0.4) is 0 Å². The molecule has 74 heavy (non-hydrogen) atoms. The fourth-order valence-corrected chi connectivity index (χ4v) is 9.93. The molecule has 0 saturated carbocycles. The molecule has 7 nitrogen and oxygen atoms in total. The van der Waals surface area contributed by atoms with Crippen LogP contribution in [-0.2, 0) is 12.4 Å². The van der Waals surface area contributed by atoms with Crippen molar-refractivity contribution in [2.75, 3.05) is 0 Å². The van der Waals surface area contributed by atoms with Crippen LogP contribution in [0.1, 0.15) is 22.3 Å². The molecular formula is C61H29F6N7. The number of aromatic nitrogens is 2. The largest absolute Gasteiger partial charge is 0.416 e. The van der Waals surface area contributed by atoms with Crippen molar-refractivity contribution in [3.05, 3.63) is 232 Å². The van der Waals surface area contributed by atoms with E-state index in [1.807, 2.05) is 94.1 Å². The Morgan fingerprint density at radius 1 is 0.378 bits per heavy atom. The number of hydrogen-bond donors (Lipinski definition) is 0. The quantitative estimate of drug-likeness (QED) is 0.123. The number of para-hydroxylation sites is 2. The third kappa shape index (κ3) is 7.69. The first-order chi connectivity index (χ1) is 35.7. The van der Waals surface area contributed by atoms with E-state index in [4.69, 9.17) is 19.7 Å². The molecule has 0 spiro atoms. The van der Waals surface area contributed by atoms with Gasteiger partial charge >= 0.3 is 12.4 Å². The normalized spacial score (nSPS) is 11.6. The Bertz CT molecular complexity index is 4390. The Kier molecular flexibility index (Phi) is 10.9. The molecule has 2 aromatic heterocycles. The molecule has 0 aliphatic heterocycles. The highest BCUT2D eigenvalue weighted by Gasteiger charge is 2.37. The second kappa shape index (κ2) is 17.5. The summed E-state index contributed by atoms with van der Waals surface area (Å²) in [5, 5.41) is 23.2. The number of hydrogen-bond acceptors (Lipinski definition) is 2. The predicted molar refractivity (Wildman–Crippen MR) is 275 cm³/mol. The van der Waals surface area contributed by atoms with Crippen molar-refractivity contribution < 1.29 is 26.3 Å². The maximum absolute atomic E-state index is 14.4. The molecule has 0 atom stereocenters. The zero-order valence-electron chi connectivity index (χ0n) is 38.1. The van der Waals surface area contributed by atoms with Crippen LogP contribution >= 0.6 is 0 Å². The summed E-state index contributed by atoms with van der Waals surface area (Å²) >= 11 is 0. The van der Waals surface area contributed by atoms with Crippen LogP contribution in [0.15, 0.2) is 176 Å². The third-order valence-electron chi connectivity index (χ3n) is 13.3. The number of rotatable bonds is 6. The first kappa shape index (κ1) is 46.0. The van der Waals surface area contributed by atoms with Crippen LogP contribution in [0.25, 0.3) is 114 Å². The lowest BCUT2D eigenvalue weighted by molar-refractivity contribution is -0.143. The first-order valence-corrected chi connectivity index (χ1v) is 22.6. The van der Waals surface area contributed by atoms with Gasteiger partial charge in [0, 0.05) is 38.2 Å². The third-order valence-corrected chi connectivity index (χ3v) is 13.3. The molecule has 0 aliphatic rings. The lowest BCUT2D eigenvalue weighted by Gasteiger charge is -2.21. The molecule has 0 radical (unpaired) electrons. The van der Waals surface area contributed by atoms with Gasteiger partial charge in [0.25, 0.3) is 0 Å². The Labute approximate surface area is 417 Å². The fourth-order valence-electron chi connectivity index (χ4n) is 9.93. The highest BCUT2D eigenvalue weighted by molar-refractivity contribution is 6.13. The van der Waals surface area contributed by atoms with E-state index in [0.29, 0.717) is 95.9 Å². The van der Waals surface area contributed by atoms with Gasteiger partial charge < -0.3 is 9.13 Å². The lowest BCUT2D eigenvalue weighted by atomic mass is 9.93. The Morgan fingerprint density at radius 2 is 0.865 bits per heavy atom. The second-order valence-electron chi connectivity index (χ2n) is 17.4. The molecule has 0 unspecified atom stereocenters. The zero-order valence-corrected chi connectivity index (χ0v) is 38.1. The number of nitrogens with zero attached hydrogens (tertiary/aromatic N) is 7. The number of nitriles is 2. The first-order valence-electron chi connectivity index (χ1n) is 22.6. The van der Waals surface area contributed by atoms with Gasteiger partial charge in [-0.15, -0.1) is 0 Å². The summed E-state index contributed by atoms with van der Waals surface area (Å²) in [7, 11) is 0. The van der Waals surface area contributed by atoms with Crippen LogP contribution in [0.4, 0.5) is 43.4 Å². The van der Waals surface area contributed by atoms with E-state index in [1.54, 1.807) is 54.6 Å². The molecule has 0 amide bonds. The van der Waals surface area contributed by atoms with Crippen molar-refractivity contribution >= 4 is 60.7 Å². The van der Waals surface area contributed by atoms with Gasteiger partial charge in [-0.3, -0.25) is 0 Å². The minimum Gasteiger partial charge on any atom is -0.309 e. The molecule has 0 N–H and O–H groups in total. The van der Waals surface area contributed by atoms with Crippen molar-refractivity contribution in [1.82, 2.24) is 9.13 Å². The van der Waals surface area contributed by atoms with Crippen molar-refractivity contribution in [3.63, 3.8) is 0 Å². The van der Waals surface area contributed by atoms with Gasteiger partial charge in [-0.2, -0.15) is 36.9 Å². The van der Waals surface area contributed by atoms with E-state index < -0.39 is 23.5 Å². The van der Waals surface area contributed by atoms with Crippen molar-refractivity contribution in [2.45, 2.75) is 12.4 Å². The predicted octanol–water partition coefficient (Wildman–Crippen LogP) is 18.0. The number of alkyl halides is 6. The summed E-state index contributed by atoms with van der Waals surface area (Å²) in [6.07, 6.45) is -10.2. The number of fused-ring (bicyclic) bond motifs is 6. The summed E-state index contributed by atoms with van der Waals surface area (Å²) in [6, 6.07) is 51.9. The van der Waals surface area contributed by atoms with Gasteiger partial charge in [0.15, 0.2) is 17.1 Å². The van der Waals surface area contributed by atoms with Gasteiger partial charge in [-0.05, 0) is 124 Å². The highest BCUT2D eigenvalue weighted by Crippen LogP contribution is 2.46. The maximum Gasteiger partial charge on any atom is 0.416 e. The molecule has 13 heteroatoms. The Hall–Kier alpha value is -10.4. The molecule has 0 bridgehead atoms. The SMILES string of the molecule is [C-]#[N+]c1ccc(-c2ccc3c(c2)c2ccccc2n3-c2ccc(-c3cc(C(F)(F)F)cc(C(F)(F)F)c3)cc2-c2ccc(C#N)cc2-n2c3ccccc3c3cc(-c4ccc(C#N)cc4[N+]#[C-])ccc32)c([N+]#[C-])c1. The van der Waals surface area contributed by atoms with E-state index in [1.165, 1.54) is 18.2 Å². The van der Waals surface area contributed by atoms with Gasteiger partial charge in [0.2, 0.25) is 0 Å². The summed E-state index contributed by atoms with van der Waals surface area (Å²) < 4.78 is 90.5. The van der Waals surface area contributed by atoms with Gasteiger partial charge in [-0.25, -0.2) is 14.5 Å². The lowest BCUT2D eigenvalue weighted by Crippen LogP contribution is -2.11. The molecule has 11 rings (SSSR count). The molecule has 11 aromatic rings. The number of benzene rings is 9. The van der Waals surface area contributed by atoms with Crippen LogP contribution in [0.5, 0.6) is 0 Å². The van der Waals surface area contributed by atoms with Crippen molar-refractivity contribution in [1.29, 1.82) is 10.5 Å². The smallest absolute Gasteiger partial charge is 0.309 e. The second-order valence-corrected chi connectivity index (χ2v) is 17.4. The van der Waals surface area contributed by atoms with Crippen LogP contribution < -0.4 is 0 Å². The summed E-state index contributed by atoms with van der Waals surface area (Å²) in [5.74, 6) is 0. The van der Waals surface area contributed by atoms with Crippen LogP contribution in [-0.4, -0.2) is 9.13 Å². The van der Waals surface area contributed by atoms with E-state index in [2.05, 4.69) is 26.7 Å². The molecule has 9 aromatic carbocycles. The Balaban J connectivity index is 1.22. The van der Waals surface area contributed by atoms with Gasteiger partial charge in [0.1, 0.15) is 0 Å². The molecule has 350 valence electrons. The van der Waals surface area contributed by atoms with E-state index in [0.717, 1.165) is 21.5 Å². The van der Waals surface area contributed by atoms with E-state index >= 15 is 0 Å².